The van der Waals surface area contributed by atoms with E-state index in [9.17, 15) is 9.59 Å². The summed E-state index contributed by atoms with van der Waals surface area (Å²) in [6.07, 6.45) is 4.43. The van der Waals surface area contributed by atoms with E-state index in [1.807, 2.05) is 29.2 Å². The van der Waals surface area contributed by atoms with Crippen LogP contribution < -0.4 is 5.69 Å². The van der Waals surface area contributed by atoms with Gasteiger partial charge in [0.15, 0.2) is 5.82 Å². The predicted molar refractivity (Wildman–Crippen MR) is 121 cm³/mol. The van der Waals surface area contributed by atoms with Gasteiger partial charge in [0.2, 0.25) is 5.91 Å². The van der Waals surface area contributed by atoms with Crippen molar-refractivity contribution in [3.05, 3.63) is 65.0 Å². The molecule has 7 nitrogen and oxygen atoms in total. The first-order valence-electron chi connectivity index (χ1n) is 11.3. The molecule has 0 spiro atoms. The van der Waals surface area contributed by atoms with Crippen molar-refractivity contribution >= 4 is 16.9 Å². The topological polar surface area (TPSA) is 84.1 Å². The fourth-order valence-electron chi connectivity index (χ4n) is 4.76. The molecule has 1 aliphatic heterocycles. The fraction of sp³-hybridized carbons (Fsp3) is 0.320. The Labute approximate surface area is 188 Å². The lowest BCUT2D eigenvalue weighted by molar-refractivity contribution is -0.131. The molecule has 8 heteroatoms. The number of carbonyl (C=O) groups is 1. The number of furan rings is 1. The second kappa shape index (κ2) is 7.72. The van der Waals surface area contributed by atoms with Gasteiger partial charge in [0, 0.05) is 42.1 Å². The second-order valence-electron chi connectivity index (χ2n) is 9.04. The maximum atomic E-state index is 15.1. The summed E-state index contributed by atoms with van der Waals surface area (Å²) in [4.78, 5) is 26.7. The number of hydrogen-bond acceptors (Lipinski definition) is 4. The maximum absolute atomic E-state index is 15.1. The van der Waals surface area contributed by atoms with Crippen LogP contribution in [-0.2, 0) is 11.3 Å². The average molecular weight is 446 g/mol. The maximum Gasteiger partial charge on any atom is 0.343 e. The van der Waals surface area contributed by atoms with Crippen molar-refractivity contribution in [2.75, 3.05) is 13.1 Å². The number of aromatic nitrogens is 3. The number of rotatable bonds is 5. The van der Waals surface area contributed by atoms with Gasteiger partial charge < -0.3 is 9.32 Å². The number of hydrogen-bond donors (Lipinski definition) is 1. The first kappa shape index (κ1) is 20.0. The SMILES string of the molecule is O=C(C1CC1)N1CCC(Cn2c(-c3ccc(-c4ccc5occc5c4)c(F)c3)n[nH]c2=O)C1. The highest BCUT2D eigenvalue weighted by atomic mass is 19.1. The number of halogens is 1. The molecular weight excluding hydrogens is 423 g/mol. The minimum atomic E-state index is -0.389. The largest absolute Gasteiger partial charge is 0.464 e. The van der Waals surface area contributed by atoms with Gasteiger partial charge in [-0.2, -0.15) is 5.10 Å². The molecule has 1 saturated carbocycles. The molecule has 6 rings (SSSR count). The number of nitrogens with zero attached hydrogens (tertiary/aromatic N) is 3. The molecule has 3 heterocycles. The third-order valence-corrected chi connectivity index (χ3v) is 6.71. The van der Waals surface area contributed by atoms with Crippen molar-refractivity contribution in [2.45, 2.75) is 25.8 Å². The van der Waals surface area contributed by atoms with Crippen LogP contribution in [0.2, 0.25) is 0 Å². The van der Waals surface area contributed by atoms with E-state index in [1.54, 1.807) is 23.0 Å². The number of aromatic amines is 1. The molecule has 2 fully saturated rings. The quantitative estimate of drug-likeness (QED) is 0.501. The third-order valence-electron chi connectivity index (χ3n) is 6.71. The van der Waals surface area contributed by atoms with Crippen LogP contribution in [0, 0.1) is 17.7 Å². The molecular formula is C25H23FN4O3. The zero-order valence-electron chi connectivity index (χ0n) is 18.0. The number of nitrogens with one attached hydrogen (secondary N) is 1. The van der Waals surface area contributed by atoms with Crippen LogP contribution >= 0.6 is 0 Å². The molecule has 2 aliphatic rings. The van der Waals surface area contributed by atoms with Gasteiger partial charge in [-0.05, 0) is 55.0 Å². The number of H-pyrrole nitrogens is 1. The predicted octanol–water partition coefficient (Wildman–Crippen LogP) is 4.05. The molecule has 4 aromatic rings. The molecule has 0 bridgehead atoms. The number of carbonyl (C=O) groups excluding carboxylic acids is 1. The first-order valence-corrected chi connectivity index (χ1v) is 11.3. The van der Waals surface area contributed by atoms with E-state index in [0.29, 0.717) is 30.0 Å². The van der Waals surface area contributed by atoms with Gasteiger partial charge in [-0.1, -0.05) is 18.2 Å². The normalized spacial score (nSPS) is 18.3. The summed E-state index contributed by atoms with van der Waals surface area (Å²) in [6.45, 7) is 1.82. The van der Waals surface area contributed by atoms with Gasteiger partial charge in [0.05, 0.1) is 6.26 Å². The van der Waals surface area contributed by atoms with E-state index >= 15 is 4.39 Å². The van der Waals surface area contributed by atoms with Crippen LogP contribution in [0.4, 0.5) is 4.39 Å². The number of fused-ring (bicyclic) bond motifs is 1. The lowest BCUT2D eigenvalue weighted by atomic mass is 10.0. The molecule has 1 aliphatic carbocycles. The zero-order valence-corrected chi connectivity index (χ0v) is 18.0. The molecule has 1 saturated heterocycles. The number of amides is 1. The van der Waals surface area contributed by atoms with E-state index in [-0.39, 0.29) is 29.2 Å². The van der Waals surface area contributed by atoms with Gasteiger partial charge in [-0.25, -0.2) is 14.3 Å². The molecule has 168 valence electrons. The first-order chi connectivity index (χ1) is 16.1. The second-order valence-corrected chi connectivity index (χ2v) is 9.04. The van der Waals surface area contributed by atoms with Gasteiger partial charge in [-0.15, -0.1) is 0 Å². The summed E-state index contributed by atoms with van der Waals surface area (Å²) >= 11 is 0. The molecule has 1 amide bonds. The van der Waals surface area contributed by atoms with E-state index in [2.05, 4.69) is 10.2 Å². The highest BCUT2D eigenvalue weighted by molar-refractivity contribution is 5.84. The summed E-state index contributed by atoms with van der Waals surface area (Å²) in [5.74, 6) is 0.630. The molecule has 2 aromatic carbocycles. The van der Waals surface area contributed by atoms with Crippen LogP contribution in [0.25, 0.3) is 33.5 Å². The van der Waals surface area contributed by atoms with Gasteiger partial charge in [0.25, 0.3) is 0 Å². The molecule has 1 atom stereocenters. The Morgan fingerprint density at radius 1 is 1.12 bits per heavy atom. The van der Waals surface area contributed by atoms with E-state index in [4.69, 9.17) is 4.42 Å². The van der Waals surface area contributed by atoms with Crippen molar-refractivity contribution in [1.29, 1.82) is 0 Å². The number of benzene rings is 2. The Morgan fingerprint density at radius 3 is 2.79 bits per heavy atom. The van der Waals surface area contributed by atoms with Crippen LogP contribution in [0.5, 0.6) is 0 Å². The van der Waals surface area contributed by atoms with Crippen molar-refractivity contribution < 1.29 is 13.6 Å². The summed E-state index contributed by atoms with van der Waals surface area (Å²) < 4.78 is 22.0. The highest BCUT2D eigenvalue weighted by Gasteiger charge is 2.36. The Bertz CT molecular complexity index is 1410. The highest BCUT2D eigenvalue weighted by Crippen LogP contribution is 2.33. The van der Waals surface area contributed by atoms with Crippen molar-refractivity contribution in [3.8, 4) is 22.5 Å². The van der Waals surface area contributed by atoms with Crippen LogP contribution in [0.15, 0.2) is 57.9 Å². The van der Waals surface area contributed by atoms with Crippen LogP contribution in [0.1, 0.15) is 19.3 Å². The summed E-state index contributed by atoms with van der Waals surface area (Å²) in [7, 11) is 0. The zero-order chi connectivity index (χ0) is 22.5. The van der Waals surface area contributed by atoms with Crippen molar-refractivity contribution in [2.24, 2.45) is 11.8 Å². The molecule has 1 N–H and O–H groups in total. The smallest absolute Gasteiger partial charge is 0.343 e. The molecule has 2 aromatic heterocycles. The minimum absolute atomic E-state index is 0.174. The average Bonchev–Trinajstić information content (AvgIpc) is 3.21. The minimum Gasteiger partial charge on any atom is -0.464 e. The Balaban J connectivity index is 1.25. The number of likely N-dealkylation sites (tertiary alicyclic amines) is 1. The Kier molecular flexibility index (Phi) is 4.67. The van der Waals surface area contributed by atoms with Gasteiger partial charge in [-0.3, -0.25) is 9.36 Å². The summed E-state index contributed by atoms with van der Waals surface area (Å²) in [6, 6.07) is 12.3. The summed E-state index contributed by atoms with van der Waals surface area (Å²) in [5, 5.41) is 7.57. The van der Waals surface area contributed by atoms with E-state index in [1.165, 1.54) is 6.07 Å². The van der Waals surface area contributed by atoms with E-state index < -0.39 is 0 Å². The van der Waals surface area contributed by atoms with E-state index in [0.717, 1.165) is 42.3 Å². The van der Waals surface area contributed by atoms with Crippen LogP contribution in [0.3, 0.4) is 0 Å². The standard InChI is InChI=1S/C25H23FN4O3/c26-21-12-19(3-5-20(21)17-4-6-22-18(11-17)8-10-33-22)23-27-28-25(32)30(23)14-15-7-9-29(13-15)24(31)16-1-2-16/h3-6,8,10-12,15-16H,1-2,7,9,13-14H2,(H,28,32). The lowest BCUT2D eigenvalue weighted by Crippen LogP contribution is -2.31. The van der Waals surface area contributed by atoms with Gasteiger partial charge >= 0.3 is 5.69 Å². The van der Waals surface area contributed by atoms with Crippen LogP contribution in [-0.4, -0.2) is 38.7 Å². The lowest BCUT2D eigenvalue weighted by Gasteiger charge is -2.16. The fourth-order valence-corrected chi connectivity index (χ4v) is 4.76. The Morgan fingerprint density at radius 2 is 1.97 bits per heavy atom. The Hall–Kier alpha value is -3.68. The van der Waals surface area contributed by atoms with Crippen molar-refractivity contribution in [3.63, 3.8) is 0 Å². The molecule has 33 heavy (non-hydrogen) atoms. The monoisotopic (exact) mass is 446 g/mol. The van der Waals surface area contributed by atoms with Gasteiger partial charge in [0.1, 0.15) is 11.4 Å². The van der Waals surface area contributed by atoms with Crippen molar-refractivity contribution in [1.82, 2.24) is 19.7 Å². The molecule has 1 unspecified atom stereocenters. The third kappa shape index (κ3) is 3.65. The molecule has 0 radical (unpaired) electrons. The summed E-state index contributed by atoms with van der Waals surface area (Å²) in [5.41, 5.74) is 2.17.